The normalized spacial score (nSPS) is 12.4. The summed E-state index contributed by atoms with van der Waals surface area (Å²) in [6.07, 6.45) is 2.82. The number of benzene rings is 1. The average molecular weight is 259 g/mol. The first-order valence-corrected chi connectivity index (χ1v) is 6.44. The van der Waals surface area contributed by atoms with Gasteiger partial charge < -0.3 is 10.1 Å². The number of aryl methyl sites for hydroxylation is 2. The summed E-state index contributed by atoms with van der Waals surface area (Å²) in [6, 6.07) is 8.50. The van der Waals surface area contributed by atoms with E-state index in [1.807, 2.05) is 37.1 Å². The molecule has 1 atom stereocenters. The molecule has 0 amide bonds. The van der Waals surface area contributed by atoms with Crippen molar-refractivity contribution in [1.29, 1.82) is 0 Å². The maximum atomic E-state index is 5.43. The van der Waals surface area contributed by atoms with E-state index in [1.54, 1.807) is 7.11 Å². The Morgan fingerprint density at radius 2 is 2.16 bits per heavy atom. The summed E-state index contributed by atoms with van der Waals surface area (Å²) in [5.41, 5.74) is 3.49. The number of hydrogen-bond acceptors (Lipinski definition) is 3. The molecule has 19 heavy (non-hydrogen) atoms. The fourth-order valence-electron chi connectivity index (χ4n) is 2.26. The highest BCUT2D eigenvalue weighted by Gasteiger charge is 2.15. The molecule has 0 aliphatic rings. The Kier molecular flexibility index (Phi) is 4.22. The molecule has 1 unspecified atom stereocenters. The van der Waals surface area contributed by atoms with Crippen molar-refractivity contribution < 1.29 is 4.74 Å². The molecule has 0 fully saturated rings. The summed E-state index contributed by atoms with van der Waals surface area (Å²) in [5, 5.41) is 7.79. The van der Waals surface area contributed by atoms with Crippen LogP contribution in [0.4, 0.5) is 0 Å². The maximum Gasteiger partial charge on any atom is 0.122 e. The van der Waals surface area contributed by atoms with Gasteiger partial charge in [0.15, 0.2) is 0 Å². The topological polar surface area (TPSA) is 39.1 Å². The minimum Gasteiger partial charge on any atom is -0.496 e. The molecular weight excluding hydrogens is 238 g/mol. The van der Waals surface area contributed by atoms with E-state index in [0.717, 1.165) is 17.9 Å². The van der Waals surface area contributed by atoms with Crippen molar-refractivity contribution in [3.8, 4) is 5.75 Å². The smallest absolute Gasteiger partial charge is 0.122 e. The van der Waals surface area contributed by atoms with Gasteiger partial charge in [-0.05, 0) is 38.1 Å². The standard InChI is InChI=1S/C15H21N3O/c1-11-5-6-15(19-4)12(9-11)10-14(16-2)13-7-8-18(3)17-13/h5-9,14,16H,10H2,1-4H3. The van der Waals surface area contributed by atoms with Crippen LogP contribution in [0.3, 0.4) is 0 Å². The van der Waals surface area contributed by atoms with Crippen LogP contribution in [0.1, 0.15) is 22.9 Å². The predicted octanol–water partition coefficient (Wildman–Crippen LogP) is 2.24. The number of aromatic nitrogens is 2. The van der Waals surface area contributed by atoms with Gasteiger partial charge in [0, 0.05) is 13.2 Å². The van der Waals surface area contributed by atoms with Crippen LogP contribution in [0.15, 0.2) is 30.5 Å². The van der Waals surface area contributed by atoms with Crippen molar-refractivity contribution in [2.24, 2.45) is 7.05 Å². The largest absolute Gasteiger partial charge is 0.496 e. The van der Waals surface area contributed by atoms with Crippen molar-refractivity contribution in [2.75, 3.05) is 14.2 Å². The lowest BCUT2D eigenvalue weighted by molar-refractivity contribution is 0.406. The summed E-state index contributed by atoms with van der Waals surface area (Å²) < 4.78 is 7.26. The summed E-state index contributed by atoms with van der Waals surface area (Å²) in [7, 11) is 5.61. The number of ether oxygens (including phenoxy) is 1. The summed E-state index contributed by atoms with van der Waals surface area (Å²) in [4.78, 5) is 0. The summed E-state index contributed by atoms with van der Waals surface area (Å²) >= 11 is 0. The SMILES string of the molecule is CNC(Cc1cc(C)ccc1OC)c1ccn(C)n1. The molecule has 1 N–H and O–H groups in total. The second kappa shape index (κ2) is 5.89. The molecule has 1 aromatic carbocycles. The zero-order valence-corrected chi connectivity index (χ0v) is 12.0. The summed E-state index contributed by atoms with van der Waals surface area (Å²) in [6.45, 7) is 2.10. The minimum atomic E-state index is 0.192. The van der Waals surface area contributed by atoms with Gasteiger partial charge >= 0.3 is 0 Å². The third-order valence-electron chi connectivity index (χ3n) is 3.30. The van der Waals surface area contributed by atoms with Gasteiger partial charge in [0.2, 0.25) is 0 Å². The van der Waals surface area contributed by atoms with Gasteiger partial charge in [-0.2, -0.15) is 5.10 Å². The van der Waals surface area contributed by atoms with Gasteiger partial charge in [-0.25, -0.2) is 0 Å². The van der Waals surface area contributed by atoms with Crippen LogP contribution < -0.4 is 10.1 Å². The Bertz CT molecular complexity index is 548. The quantitative estimate of drug-likeness (QED) is 0.895. The molecule has 1 heterocycles. The van der Waals surface area contributed by atoms with Crippen molar-refractivity contribution in [3.63, 3.8) is 0 Å². The van der Waals surface area contributed by atoms with Crippen molar-refractivity contribution in [2.45, 2.75) is 19.4 Å². The lowest BCUT2D eigenvalue weighted by Gasteiger charge is -2.16. The van der Waals surface area contributed by atoms with Crippen LogP contribution in [0, 0.1) is 6.92 Å². The van der Waals surface area contributed by atoms with Crippen molar-refractivity contribution in [3.05, 3.63) is 47.3 Å². The molecule has 0 radical (unpaired) electrons. The molecule has 0 aliphatic carbocycles. The third-order valence-corrected chi connectivity index (χ3v) is 3.30. The van der Waals surface area contributed by atoms with E-state index < -0.39 is 0 Å². The van der Waals surface area contributed by atoms with Crippen LogP contribution in [0.25, 0.3) is 0 Å². The average Bonchev–Trinajstić information content (AvgIpc) is 2.82. The zero-order chi connectivity index (χ0) is 13.8. The van der Waals surface area contributed by atoms with Gasteiger partial charge in [-0.15, -0.1) is 0 Å². The highest BCUT2D eigenvalue weighted by molar-refractivity contribution is 5.38. The number of rotatable bonds is 5. The van der Waals surface area contributed by atoms with E-state index in [4.69, 9.17) is 4.74 Å². The first-order valence-electron chi connectivity index (χ1n) is 6.44. The highest BCUT2D eigenvalue weighted by Crippen LogP contribution is 2.25. The molecule has 0 spiro atoms. The molecule has 102 valence electrons. The zero-order valence-electron chi connectivity index (χ0n) is 12.0. The van der Waals surface area contributed by atoms with E-state index in [-0.39, 0.29) is 6.04 Å². The van der Waals surface area contributed by atoms with Crippen LogP contribution in [0.2, 0.25) is 0 Å². The second-order valence-electron chi connectivity index (χ2n) is 4.77. The maximum absolute atomic E-state index is 5.43. The molecule has 0 bridgehead atoms. The van der Waals surface area contributed by atoms with Crippen molar-refractivity contribution in [1.82, 2.24) is 15.1 Å². The van der Waals surface area contributed by atoms with Crippen molar-refractivity contribution >= 4 is 0 Å². The van der Waals surface area contributed by atoms with E-state index >= 15 is 0 Å². The van der Waals surface area contributed by atoms with Gasteiger partial charge in [-0.3, -0.25) is 4.68 Å². The van der Waals surface area contributed by atoms with Gasteiger partial charge in [0.1, 0.15) is 5.75 Å². The molecule has 2 rings (SSSR count). The molecule has 0 saturated heterocycles. The molecule has 4 heteroatoms. The fraction of sp³-hybridized carbons (Fsp3) is 0.400. The first-order chi connectivity index (χ1) is 9.13. The number of methoxy groups -OCH3 is 1. The molecule has 0 saturated carbocycles. The van der Waals surface area contributed by atoms with E-state index in [0.29, 0.717) is 0 Å². The Balaban J connectivity index is 2.25. The van der Waals surface area contributed by atoms with Crippen LogP contribution >= 0.6 is 0 Å². The summed E-state index contributed by atoms with van der Waals surface area (Å²) in [5.74, 6) is 0.932. The van der Waals surface area contributed by atoms with Gasteiger partial charge in [-0.1, -0.05) is 17.7 Å². The van der Waals surface area contributed by atoms with Gasteiger partial charge in [0.25, 0.3) is 0 Å². The van der Waals surface area contributed by atoms with E-state index in [2.05, 4.69) is 29.5 Å². The molecule has 0 aliphatic heterocycles. The monoisotopic (exact) mass is 259 g/mol. The third kappa shape index (κ3) is 3.15. The van der Waals surface area contributed by atoms with E-state index in [1.165, 1.54) is 11.1 Å². The fourth-order valence-corrected chi connectivity index (χ4v) is 2.26. The lowest BCUT2D eigenvalue weighted by atomic mass is 10.0. The van der Waals surface area contributed by atoms with Crippen LogP contribution in [-0.4, -0.2) is 23.9 Å². The Morgan fingerprint density at radius 1 is 1.37 bits per heavy atom. The van der Waals surface area contributed by atoms with E-state index in [9.17, 15) is 0 Å². The minimum absolute atomic E-state index is 0.192. The Labute approximate surface area is 114 Å². The number of nitrogens with one attached hydrogen (secondary N) is 1. The molecule has 1 aromatic heterocycles. The number of hydrogen-bond donors (Lipinski definition) is 1. The highest BCUT2D eigenvalue weighted by atomic mass is 16.5. The molecule has 4 nitrogen and oxygen atoms in total. The number of likely N-dealkylation sites (N-methyl/N-ethyl adjacent to an activating group) is 1. The Hall–Kier alpha value is -1.81. The van der Waals surface area contributed by atoms with Crippen LogP contribution in [0.5, 0.6) is 5.75 Å². The Morgan fingerprint density at radius 3 is 2.74 bits per heavy atom. The second-order valence-corrected chi connectivity index (χ2v) is 4.77. The number of nitrogens with zero attached hydrogens (tertiary/aromatic N) is 2. The molecular formula is C15H21N3O. The first kappa shape index (κ1) is 13.6. The van der Waals surface area contributed by atoms with Crippen LogP contribution in [-0.2, 0) is 13.5 Å². The van der Waals surface area contributed by atoms with Gasteiger partial charge in [0.05, 0.1) is 18.8 Å². The lowest BCUT2D eigenvalue weighted by Crippen LogP contribution is -2.20. The molecule has 2 aromatic rings. The predicted molar refractivity (Wildman–Crippen MR) is 76.4 cm³/mol.